The average molecular weight is 403 g/mol. The molecule has 0 saturated heterocycles. The van der Waals surface area contributed by atoms with Crippen molar-refractivity contribution >= 4 is 21.2 Å². The maximum atomic E-state index is 12.6. The van der Waals surface area contributed by atoms with Crippen molar-refractivity contribution in [1.29, 1.82) is 0 Å². The zero-order valence-corrected chi connectivity index (χ0v) is 16.5. The maximum Gasteiger partial charge on any atom is 0.332 e. The molecule has 3 aromatic rings. The van der Waals surface area contributed by atoms with Gasteiger partial charge in [-0.15, -0.1) is 0 Å². The molecule has 0 fully saturated rings. The summed E-state index contributed by atoms with van der Waals surface area (Å²) in [7, 11) is -0.693. The first kappa shape index (κ1) is 18.6. The Labute approximate surface area is 161 Å². The molecule has 2 aromatic heterocycles. The molecule has 0 spiro atoms. The fourth-order valence-corrected chi connectivity index (χ4v) is 4.68. The summed E-state index contributed by atoms with van der Waals surface area (Å²) in [6.07, 6.45) is 3.22. The van der Waals surface area contributed by atoms with Gasteiger partial charge in [0.1, 0.15) is 11.3 Å². The van der Waals surface area contributed by atoms with Crippen molar-refractivity contribution in [2.45, 2.75) is 30.6 Å². The van der Waals surface area contributed by atoms with Gasteiger partial charge in [-0.25, -0.2) is 22.9 Å². The minimum absolute atomic E-state index is 0.119. The molecule has 0 saturated carbocycles. The number of H-pyrrole nitrogens is 1. The minimum Gasteiger partial charge on any atom is -0.336 e. The van der Waals surface area contributed by atoms with Crippen molar-refractivity contribution in [2.24, 2.45) is 14.1 Å². The van der Waals surface area contributed by atoms with Crippen LogP contribution in [-0.4, -0.2) is 34.1 Å². The molecule has 2 heterocycles. The van der Waals surface area contributed by atoms with E-state index in [4.69, 9.17) is 0 Å². The third-order valence-corrected chi connectivity index (χ3v) is 6.64. The van der Waals surface area contributed by atoms with Gasteiger partial charge in [0, 0.05) is 27.1 Å². The Morgan fingerprint density at radius 3 is 2.68 bits per heavy atom. The molecule has 1 aliphatic rings. The van der Waals surface area contributed by atoms with Crippen LogP contribution in [0.1, 0.15) is 23.4 Å². The lowest BCUT2D eigenvalue weighted by atomic mass is 10.1. The molecule has 0 aliphatic heterocycles. The second kappa shape index (κ2) is 6.71. The predicted molar refractivity (Wildman–Crippen MR) is 104 cm³/mol. The second-order valence-corrected chi connectivity index (χ2v) is 8.79. The fourth-order valence-electron chi connectivity index (χ4n) is 3.59. The summed E-state index contributed by atoms with van der Waals surface area (Å²) in [6, 6.07) is 5.25. The highest BCUT2D eigenvalue weighted by atomic mass is 32.2. The van der Waals surface area contributed by atoms with E-state index in [2.05, 4.69) is 14.7 Å². The molecule has 0 radical (unpaired) electrons. The standard InChI is InChI=1S/C18H21N5O4S/c1-22-16-15(17(24)23(2)18(22)25)20-14(21-16)8-9-19-28(26,27)13-7-6-11-4-3-5-12(11)10-13/h6-7,10,19H,3-5,8-9H2,1-2H3,(H,20,21). The van der Waals surface area contributed by atoms with E-state index in [1.54, 1.807) is 12.1 Å². The van der Waals surface area contributed by atoms with Gasteiger partial charge in [0.25, 0.3) is 5.56 Å². The van der Waals surface area contributed by atoms with Crippen molar-refractivity contribution in [2.75, 3.05) is 6.54 Å². The van der Waals surface area contributed by atoms with Crippen LogP contribution in [0.15, 0.2) is 32.7 Å². The zero-order chi connectivity index (χ0) is 20.1. The molecule has 10 heteroatoms. The number of benzene rings is 1. The van der Waals surface area contributed by atoms with E-state index >= 15 is 0 Å². The molecule has 0 unspecified atom stereocenters. The highest BCUT2D eigenvalue weighted by Gasteiger charge is 2.19. The molecule has 9 nitrogen and oxygen atoms in total. The summed E-state index contributed by atoms with van der Waals surface area (Å²) in [5.74, 6) is 0.435. The van der Waals surface area contributed by atoms with Crippen molar-refractivity contribution in [3.8, 4) is 0 Å². The Bertz CT molecular complexity index is 1300. The Morgan fingerprint density at radius 1 is 1.14 bits per heavy atom. The average Bonchev–Trinajstić information content (AvgIpc) is 3.31. The Kier molecular flexibility index (Phi) is 4.47. The zero-order valence-electron chi connectivity index (χ0n) is 15.7. The third kappa shape index (κ3) is 3.08. The van der Waals surface area contributed by atoms with Crippen LogP contribution in [0.2, 0.25) is 0 Å². The minimum atomic E-state index is -3.62. The van der Waals surface area contributed by atoms with E-state index in [0.29, 0.717) is 5.82 Å². The molecule has 1 aromatic carbocycles. The van der Waals surface area contributed by atoms with Crippen LogP contribution >= 0.6 is 0 Å². The van der Waals surface area contributed by atoms with E-state index in [0.717, 1.165) is 29.4 Å². The second-order valence-electron chi connectivity index (χ2n) is 7.02. The number of nitrogens with one attached hydrogen (secondary N) is 2. The van der Waals surface area contributed by atoms with Crippen LogP contribution in [-0.2, 0) is 43.4 Å². The van der Waals surface area contributed by atoms with Gasteiger partial charge >= 0.3 is 5.69 Å². The number of imidazole rings is 1. The van der Waals surface area contributed by atoms with Gasteiger partial charge in [-0.3, -0.25) is 13.9 Å². The molecule has 28 heavy (non-hydrogen) atoms. The number of rotatable bonds is 5. The van der Waals surface area contributed by atoms with Crippen molar-refractivity contribution in [3.63, 3.8) is 0 Å². The summed E-state index contributed by atoms with van der Waals surface area (Å²) in [4.78, 5) is 31.6. The normalized spacial score (nSPS) is 13.9. The van der Waals surface area contributed by atoms with Crippen LogP contribution in [0.5, 0.6) is 0 Å². The van der Waals surface area contributed by atoms with Crippen LogP contribution in [0.4, 0.5) is 0 Å². The monoisotopic (exact) mass is 403 g/mol. The molecular formula is C18H21N5O4S. The lowest BCUT2D eigenvalue weighted by molar-refractivity contribution is 0.581. The largest absolute Gasteiger partial charge is 0.336 e. The number of aromatic amines is 1. The summed E-state index contributed by atoms with van der Waals surface area (Å²) < 4.78 is 30.0. The number of aryl methyl sites for hydroxylation is 3. The third-order valence-electron chi connectivity index (χ3n) is 5.18. The Hall–Kier alpha value is -2.72. The molecule has 0 atom stereocenters. The number of hydrogen-bond donors (Lipinski definition) is 2. The Morgan fingerprint density at radius 2 is 1.89 bits per heavy atom. The first-order chi connectivity index (χ1) is 13.3. The first-order valence-corrected chi connectivity index (χ1v) is 10.5. The molecule has 1 aliphatic carbocycles. The lowest BCUT2D eigenvalue weighted by Crippen LogP contribution is -2.36. The van der Waals surface area contributed by atoms with Crippen LogP contribution in [0.25, 0.3) is 11.2 Å². The summed E-state index contributed by atoms with van der Waals surface area (Å²) in [5.41, 5.74) is 1.86. The van der Waals surface area contributed by atoms with Crippen LogP contribution in [0.3, 0.4) is 0 Å². The highest BCUT2D eigenvalue weighted by Crippen LogP contribution is 2.24. The van der Waals surface area contributed by atoms with Crippen molar-refractivity contribution in [1.82, 2.24) is 23.8 Å². The smallest absolute Gasteiger partial charge is 0.332 e. The van der Waals surface area contributed by atoms with Crippen LogP contribution in [0, 0.1) is 0 Å². The molecular weight excluding hydrogens is 382 g/mol. The molecule has 0 bridgehead atoms. The van der Waals surface area contributed by atoms with Gasteiger partial charge in [-0.05, 0) is 42.5 Å². The number of hydrogen-bond acceptors (Lipinski definition) is 5. The predicted octanol–water partition coefficient (Wildman–Crippen LogP) is -0.0300. The number of nitrogens with zero attached hydrogens (tertiary/aromatic N) is 3. The van der Waals surface area contributed by atoms with E-state index < -0.39 is 21.3 Å². The summed E-state index contributed by atoms with van der Waals surface area (Å²) in [5, 5.41) is 0. The van der Waals surface area contributed by atoms with E-state index in [-0.39, 0.29) is 29.0 Å². The van der Waals surface area contributed by atoms with Gasteiger partial charge in [0.15, 0.2) is 5.65 Å². The van der Waals surface area contributed by atoms with Gasteiger partial charge in [0.2, 0.25) is 10.0 Å². The molecule has 4 rings (SSSR count). The van der Waals surface area contributed by atoms with Crippen molar-refractivity contribution < 1.29 is 8.42 Å². The summed E-state index contributed by atoms with van der Waals surface area (Å²) >= 11 is 0. The fraction of sp³-hybridized carbons (Fsp3) is 0.389. The van der Waals surface area contributed by atoms with Gasteiger partial charge in [-0.1, -0.05) is 6.07 Å². The number of aromatic nitrogens is 4. The molecule has 2 N–H and O–H groups in total. The van der Waals surface area contributed by atoms with Gasteiger partial charge in [0.05, 0.1) is 4.90 Å². The quantitative estimate of drug-likeness (QED) is 0.620. The van der Waals surface area contributed by atoms with Gasteiger partial charge in [-0.2, -0.15) is 0 Å². The number of fused-ring (bicyclic) bond motifs is 2. The topological polar surface area (TPSA) is 119 Å². The van der Waals surface area contributed by atoms with Crippen molar-refractivity contribution in [3.05, 3.63) is 56.0 Å². The van der Waals surface area contributed by atoms with E-state index in [1.807, 2.05) is 6.07 Å². The van der Waals surface area contributed by atoms with E-state index in [1.165, 1.54) is 24.2 Å². The van der Waals surface area contributed by atoms with E-state index in [9.17, 15) is 18.0 Å². The molecule has 0 amide bonds. The lowest BCUT2D eigenvalue weighted by Gasteiger charge is -2.08. The first-order valence-electron chi connectivity index (χ1n) is 9.04. The number of sulfonamides is 1. The van der Waals surface area contributed by atoms with Crippen LogP contribution < -0.4 is 16.0 Å². The highest BCUT2D eigenvalue weighted by molar-refractivity contribution is 7.89. The molecule has 148 valence electrons. The SMILES string of the molecule is Cn1c(=O)c2[nH]c(CCNS(=O)(=O)c3ccc4c(c3)CCC4)nc2n(C)c1=O. The summed E-state index contributed by atoms with van der Waals surface area (Å²) in [6.45, 7) is 0.119. The Balaban J connectivity index is 1.52. The maximum absolute atomic E-state index is 12.6. The van der Waals surface area contributed by atoms with Gasteiger partial charge < -0.3 is 4.98 Å².